The topological polar surface area (TPSA) is 134 Å². The Bertz CT molecular complexity index is 1980. The van der Waals surface area contributed by atoms with Gasteiger partial charge in [0.1, 0.15) is 6.61 Å². The fraction of sp³-hybridized carbons (Fsp3) is 0.636. The molecule has 494 valence electrons. The second-order valence-electron chi connectivity index (χ2n) is 22.6. The summed E-state index contributed by atoms with van der Waals surface area (Å²) in [5, 5.41) is 0. The fourth-order valence-electron chi connectivity index (χ4n) is 9.33. The number of rotatable bonds is 64. The molecular formula is C77H128NO8P. The number of allylic oxidation sites excluding steroid dienone is 26. The van der Waals surface area contributed by atoms with E-state index < -0.39 is 26.5 Å². The van der Waals surface area contributed by atoms with Crippen LogP contribution in [0, 0.1) is 0 Å². The first-order valence-electron chi connectivity index (χ1n) is 35.0. The first-order chi connectivity index (χ1) is 42.8. The highest BCUT2D eigenvalue weighted by Crippen LogP contribution is 2.43. The van der Waals surface area contributed by atoms with E-state index in [9.17, 15) is 19.0 Å². The van der Waals surface area contributed by atoms with Crippen molar-refractivity contribution in [3.05, 3.63) is 158 Å². The van der Waals surface area contributed by atoms with Crippen molar-refractivity contribution in [2.24, 2.45) is 5.73 Å². The Kier molecular flexibility index (Phi) is 67.2. The van der Waals surface area contributed by atoms with Gasteiger partial charge in [0.25, 0.3) is 0 Å². The molecule has 9 nitrogen and oxygen atoms in total. The van der Waals surface area contributed by atoms with E-state index in [1.165, 1.54) is 116 Å². The molecule has 0 rings (SSSR count). The highest BCUT2D eigenvalue weighted by molar-refractivity contribution is 7.47. The lowest BCUT2D eigenvalue weighted by Crippen LogP contribution is -2.29. The summed E-state index contributed by atoms with van der Waals surface area (Å²) in [6, 6.07) is 0. The Morgan fingerprint density at radius 3 is 0.885 bits per heavy atom. The van der Waals surface area contributed by atoms with Gasteiger partial charge in [-0.1, -0.05) is 307 Å². The minimum Gasteiger partial charge on any atom is -0.462 e. The molecule has 0 aromatic carbocycles. The molecule has 0 aromatic heterocycles. The molecule has 0 aliphatic carbocycles. The molecule has 0 amide bonds. The van der Waals surface area contributed by atoms with Crippen LogP contribution in [0.2, 0.25) is 0 Å². The van der Waals surface area contributed by atoms with Crippen LogP contribution in [0.4, 0.5) is 0 Å². The van der Waals surface area contributed by atoms with E-state index in [2.05, 4.69) is 172 Å². The monoisotopic (exact) mass is 1230 g/mol. The maximum Gasteiger partial charge on any atom is 0.472 e. The van der Waals surface area contributed by atoms with Crippen LogP contribution in [-0.4, -0.2) is 49.3 Å². The number of phosphoric acid groups is 1. The number of hydrogen-bond donors (Lipinski definition) is 2. The van der Waals surface area contributed by atoms with Gasteiger partial charge in [-0.05, 0) is 122 Å². The zero-order chi connectivity index (χ0) is 63.0. The summed E-state index contributed by atoms with van der Waals surface area (Å²) in [6.45, 7) is 3.50. The Morgan fingerprint density at radius 1 is 0.345 bits per heavy atom. The van der Waals surface area contributed by atoms with Gasteiger partial charge in [0.15, 0.2) is 6.10 Å². The summed E-state index contributed by atoms with van der Waals surface area (Å²) in [5.74, 6) is -0.852. The molecule has 0 saturated heterocycles. The third-order valence-corrected chi connectivity index (χ3v) is 15.4. The highest BCUT2D eigenvalue weighted by atomic mass is 31.2. The molecule has 0 fully saturated rings. The van der Waals surface area contributed by atoms with E-state index in [1.807, 2.05) is 0 Å². The molecule has 0 spiro atoms. The molecule has 0 aliphatic heterocycles. The van der Waals surface area contributed by atoms with Gasteiger partial charge in [-0.2, -0.15) is 0 Å². The Morgan fingerprint density at radius 2 is 0.598 bits per heavy atom. The van der Waals surface area contributed by atoms with E-state index in [0.29, 0.717) is 6.42 Å². The van der Waals surface area contributed by atoms with Gasteiger partial charge in [-0.25, -0.2) is 4.57 Å². The predicted molar refractivity (Wildman–Crippen MR) is 376 cm³/mol. The minimum atomic E-state index is -4.41. The Labute approximate surface area is 534 Å². The van der Waals surface area contributed by atoms with E-state index >= 15 is 0 Å². The van der Waals surface area contributed by atoms with Crippen molar-refractivity contribution in [2.75, 3.05) is 26.4 Å². The molecule has 0 saturated carbocycles. The van der Waals surface area contributed by atoms with Gasteiger partial charge in [-0.15, -0.1) is 0 Å². The van der Waals surface area contributed by atoms with Gasteiger partial charge in [0.2, 0.25) is 0 Å². The van der Waals surface area contributed by atoms with Crippen LogP contribution in [0.25, 0.3) is 0 Å². The third kappa shape index (κ3) is 70.6. The maximum absolute atomic E-state index is 12.8. The van der Waals surface area contributed by atoms with Gasteiger partial charge < -0.3 is 20.1 Å². The second-order valence-corrected chi connectivity index (χ2v) is 24.1. The van der Waals surface area contributed by atoms with Gasteiger partial charge >= 0.3 is 19.8 Å². The average molecular weight is 1230 g/mol. The summed E-state index contributed by atoms with van der Waals surface area (Å²) in [5.41, 5.74) is 5.40. The smallest absolute Gasteiger partial charge is 0.462 e. The van der Waals surface area contributed by atoms with Crippen LogP contribution in [0.3, 0.4) is 0 Å². The number of carbonyl (C=O) groups excluding carboxylic acids is 2. The van der Waals surface area contributed by atoms with Crippen LogP contribution < -0.4 is 5.73 Å². The van der Waals surface area contributed by atoms with Gasteiger partial charge in [-0.3, -0.25) is 18.6 Å². The SMILES string of the molecule is CC/C=C\C/C=C\C/C=C\C/C=C\C/C=C\C/C=C\C/C=C\C/C=C\C/C=C\CCCCCCCC(=O)OC(COC(=O)CCCCCCCCCCCCCCCCCCCCCC/C=C\C/C=C\C/C=C\C/C=C\CC)COP(=O)(O)OCCN. The molecule has 0 aliphatic rings. The van der Waals surface area contributed by atoms with E-state index in [4.69, 9.17) is 24.3 Å². The number of esters is 2. The molecule has 3 N–H and O–H groups in total. The number of carbonyl (C=O) groups is 2. The van der Waals surface area contributed by atoms with Crippen LogP contribution in [-0.2, 0) is 32.7 Å². The largest absolute Gasteiger partial charge is 0.472 e. The van der Waals surface area contributed by atoms with Crippen molar-refractivity contribution in [3.8, 4) is 0 Å². The van der Waals surface area contributed by atoms with E-state index in [1.54, 1.807) is 0 Å². The zero-order valence-electron chi connectivity index (χ0n) is 55.4. The standard InChI is InChI=1S/C77H128NO8P/c1-3-5-7-9-11-13-15-17-19-21-23-25-27-29-31-33-35-37-39-41-43-45-47-49-51-53-55-57-59-61-63-65-67-69-76(79)83-73-75(74-85-87(81,82)84-72-71-78)86-77(80)70-68-66-64-62-60-58-56-54-52-50-48-46-44-42-40-38-36-34-32-30-28-26-24-22-20-18-16-14-12-10-8-6-4-2/h5-8,11-14,17-20,23-26,30,32,36,38,42,44,48,50,54,56,75H,3-4,9-10,15-16,21-22,27-29,31,33-35,37,39-41,43,45-47,49,51-53,55,57-74,78H2,1-2H3,(H,81,82)/b7-5-,8-6-,13-11-,14-12-,19-17-,20-18-,25-23-,26-24-,32-30-,38-36-,44-42-,50-48-,56-54-. The predicted octanol–water partition coefficient (Wildman–Crippen LogP) is 23.2. The quantitative estimate of drug-likeness (QED) is 0.0264. The number of phosphoric ester groups is 1. The molecule has 0 heterocycles. The number of ether oxygens (including phenoxy) is 2. The number of nitrogens with two attached hydrogens (primary N) is 1. The molecule has 2 atom stereocenters. The van der Waals surface area contributed by atoms with Crippen LogP contribution in [0.5, 0.6) is 0 Å². The lowest BCUT2D eigenvalue weighted by Gasteiger charge is -2.19. The van der Waals surface area contributed by atoms with E-state index in [-0.39, 0.29) is 38.6 Å². The van der Waals surface area contributed by atoms with Gasteiger partial charge in [0, 0.05) is 19.4 Å². The summed E-state index contributed by atoms with van der Waals surface area (Å²) < 4.78 is 33.2. The Balaban J connectivity index is 3.96. The third-order valence-electron chi connectivity index (χ3n) is 14.4. The lowest BCUT2D eigenvalue weighted by atomic mass is 10.0. The molecule has 0 radical (unpaired) electrons. The van der Waals surface area contributed by atoms with Crippen molar-refractivity contribution in [1.82, 2.24) is 0 Å². The number of hydrogen-bond acceptors (Lipinski definition) is 8. The maximum atomic E-state index is 12.8. The van der Waals surface area contributed by atoms with Crippen LogP contribution in [0.1, 0.15) is 284 Å². The van der Waals surface area contributed by atoms with Crippen molar-refractivity contribution in [1.29, 1.82) is 0 Å². The van der Waals surface area contributed by atoms with Crippen LogP contribution in [0.15, 0.2) is 158 Å². The molecule has 0 bridgehead atoms. The fourth-order valence-corrected chi connectivity index (χ4v) is 10.1. The normalized spacial score (nSPS) is 13.9. The van der Waals surface area contributed by atoms with Crippen molar-refractivity contribution in [3.63, 3.8) is 0 Å². The van der Waals surface area contributed by atoms with Crippen molar-refractivity contribution in [2.45, 2.75) is 290 Å². The van der Waals surface area contributed by atoms with Crippen molar-refractivity contribution < 1.29 is 37.6 Å². The second kappa shape index (κ2) is 70.7. The number of unbranched alkanes of at least 4 members (excludes halogenated alkanes) is 25. The summed E-state index contributed by atoms with van der Waals surface area (Å²) >= 11 is 0. The summed E-state index contributed by atoms with van der Waals surface area (Å²) in [6.07, 6.45) is 103. The summed E-state index contributed by atoms with van der Waals surface area (Å²) in [7, 11) is -4.41. The minimum absolute atomic E-state index is 0.0431. The zero-order valence-corrected chi connectivity index (χ0v) is 56.3. The molecule has 0 aromatic rings. The average Bonchev–Trinajstić information content (AvgIpc) is 3.64. The molecule has 10 heteroatoms. The molecular weight excluding hydrogens is 1100 g/mol. The van der Waals surface area contributed by atoms with Crippen molar-refractivity contribution >= 4 is 19.8 Å². The first-order valence-corrected chi connectivity index (χ1v) is 36.5. The molecule has 2 unspecified atom stereocenters. The van der Waals surface area contributed by atoms with E-state index in [0.717, 1.165) is 135 Å². The Hall–Kier alpha value is -4.37. The first kappa shape index (κ1) is 82.6. The van der Waals surface area contributed by atoms with Gasteiger partial charge in [0.05, 0.1) is 13.2 Å². The highest BCUT2D eigenvalue weighted by Gasteiger charge is 2.26. The van der Waals surface area contributed by atoms with Crippen LogP contribution >= 0.6 is 7.82 Å². The summed E-state index contributed by atoms with van der Waals surface area (Å²) in [4.78, 5) is 35.4. The lowest BCUT2D eigenvalue weighted by molar-refractivity contribution is -0.161. The molecule has 87 heavy (non-hydrogen) atoms.